The van der Waals surface area contributed by atoms with Crippen LogP contribution in [0.3, 0.4) is 0 Å². The summed E-state index contributed by atoms with van der Waals surface area (Å²) < 4.78 is 4.47. The van der Waals surface area contributed by atoms with Crippen LogP contribution >= 0.6 is 0 Å². The predicted octanol–water partition coefficient (Wildman–Crippen LogP) is -0.146. The fourth-order valence-corrected chi connectivity index (χ4v) is 1.80. The predicted molar refractivity (Wildman–Crippen MR) is 45.0 cm³/mol. The lowest BCUT2D eigenvalue weighted by atomic mass is 9.89. The van der Waals surface area contributed by atoms with Gasteiger partial charge in [0.05, 0.1) is 6.04 Å². The number of fused-ring (bicyclic) bond motifs is 1. The Hall–Kier alpha value is -1.56. The largest absolute Gasteiger partial charge is 0.512 e. The molecule has 0 spiro atoms. The van der Waals surface area contributed by atoms with E-state index in [1.807, 2.05) is 0 Å². The van der Waals surface area contributed by atoms with Crippen molar-refractivity contribution in [1.82, 2.24) is 4.90 Å². The molecule has 76 valence electrons. The maximum Gasteiger partial charge on any atom is 0.512 e. The number of rotatable bonds is 1. The van der Waals surface area contributed by atoms with E-state index in [4.69, 9.17) is 10.8 Å². The fourth-order valence-electron chi connectivity index (χ4n) is 1.80. The zero-order valence-electron chi connectivity index (χ0n) is 7.34. The molecule has 2 rings (SSSR count). The van der Waals surface area contributed by atoms with E-state index in [1.165, 1.54) is 4.90 Å². The third kappa shape index (κ3) is 1.15. The Labute approximate surface area is 79.9 Å². The van der Waals surface area contributed by atoms with Crippen LogP contribution in [0.4, 0.5) is 4.79 Å². The molecule has 3 N–H and O–H groups in total. The first-order valence-corrected chi connectivity index (χ1v) is 4.31. The molecule has 6 nitrogen and oxygen atoms in total. The summed E-state index contributed by atoms with van der Waals surface area (Å²) in [5, 5.41) is 8.41. The van der Waals surface area contributed by atoms with Crippen molar-refractivity contribution in [1.29, 1.82) is 0 Å². The molecule has 6 heteroatoms. The van der Waals surface area contributed by atoms with E-state index in [-0.39, 0.29) is 17.8 Å². The van der Waals surface area contributed by atoms with Gasteiger partial charge < -0.3 is 15.6 Å². The number of nitrogens with zero attached hydrogens (tertiary/aromatic N) is 1. The van der Waals surface area contributed by atoms with Gasteiger partial charge in [-0.1, -0.05) is 0 Å². The van der Waals surface area contributed by atoms with Crippen molar-refractivity contribution < 1.29 is 19.4 Å². The van der Waals surface area contributed by atoms with Crippen molar-refractivity contribution in [2.45, 2.75) is 24.9 Å². The van der Waals surface area contributed by atoms with E-state index in [0.29, 0.717) is 6.42 Å². The molecule has 0 radical (unpaired) electrons. The number of carbonyl (C=O) groups is 2. The summed E-state index contributed by atoms with van der Waals surface area (Å²) in [6, 6.07) is -0.599. The first kappa shape index (κ1) is 9.01. The molecule has 0 saturated carbocycles. The van der Waals surface area contributed by atoms with Crippen molar-refractivity contribution in [3.63, 3.8) is 0 Å². The van der Waals surface area contributed by atoms with Gasteiger partial charge >= 0.3 is 6.16 Å². The number of ether oxygens (including phenoxy) is 1. The minimum atomic E-state index is -1.41. The molecule has 0 unspecified atom stereocenters. The van der Waals surface area contributed by atoms with Crippen LogP contribution in [-0.2, 0) is 9.53 Å². The SMILES string of the molecule is N[C@@H]1C(=O)N2C(OC(=O)O)=CCC[C@@H]12. The van der Waals surface area contributed by atoms with Gasteiger partial charge in [-0.05, 0) is 18.9 Å². The van der Waals surface area contributed by atoms with Gasteiger partial charge in [-0.2, -0.15) is 0 Å². The maximum atomic E-state index is 11.3. The van der Waals surface area contributed by atoms with Gasteiger partial charge in [-0.15, -0.1) is 0 Å². The number of carbonyl (C=O) groups excluding carboxylic acids is 1. The van der Waals surface area contributed by atoms with Gasteiger partial charge in [0.15, 0.2) is 0 Å². The van der Waals surface area contributed by atoms with Gasteiger partial charge in [0, 0.05) is 0 Å². The minimum Gasteiger partial charge on any atom is -0.449 e. The van der Waals surface area contributed by atoms with Crippen molar-refractivity contribution >= 4 is 12.1 Å². The van der Waals surface area contributed by atoms with Crippen LogP contribution in [0.5, 0.6) is 0 Å². The first-order valence-electron chi connectivity index (χ1n) is 4.31. The van der Waals surface area contributed by atoms with Crippen molar-refractivity contribution in [3.05, 3.63) is 12.0 Å². The van der Waals surface area contributed by atoms with E-state index in [2.05, 4.69) is 4.74 Å². The number of β-lactam (4-membered cyclic amide) rings is 1. The normalized spacial score (nSPS) is 30.2. The summed E-state index contributed by atoms with van der Waals surface area (Å²) in [6.07, 6.45) is 1.63. The Balaban J connectivity index is 2.14. The van der Waals surface area contributed by atoms with Gasteiger partial charge in [0.25, 0.3) is 0 Å². The number of hydrogen-bond donors (Lipinski definition) is 2. The standard InChI is InChI=1S/C8H10N2O4/c9-6-4-2-1-3-5(14-8(12)13)10(4)7(6)11/h3-4,6H,1-2,9H2,(H,12,13)/t4-,6-/m0/s1. The monoisotopic (exact) mass is 198 g/mol. The zero-order chi connectivity index (χ0) is 10.3. The third-order valence-electron chi connectivity index (χ3n) is 2.48. The molecule has 2 aliphatic rings. The van der Waals surface area contributed by atoms with E-state index in [1.54, 1.807) is 6.08 Å². The maximum absolute atomic E-state index is 11.3. The summed E-state index contributed by atoms with van der Waals surface area (Å²) in [5.74, 6) is -0.178. The first-order chi connectivity index (χ1) is 6.61. The van der Waals surface area contributed by atoms with Gasteiger partial charge in [0.2, 0.25) is 11.8 Å². The Morgan fingerprint density at radius 2 is 2.43 bits per heavy atom. The highest BCUT2D eigenvalue weighted by atomic mass is 16.7. The molecule has 1 saturated heterocycles. The lowest BCUT2D eigenvalue weighted by Crippen LogP contribution is -2.68. The topological polar surface area (TPSA) is 92.9 Å². The second kappa shape index (κ2) is 2.98. The number of nitrogens with two attached hydrogens (primary N) is 1. The molecule has 1 fully saturated rings. The van der Waals surface area contributed by atoms with Crippen molar-refractivity contribution in [2.75, 3.05) is 0 Å². The van der Waals surface area contributed by atoms with Crippen LogP contribution in [-0.4, -0.2) is 34.2 Å². The molecular weight excluding hydrogens is 188 g/mol. The second-order valence-corrected chi connectivity index (χ2v) is 3.29. The van der Waals surface area contributed by atoms with Crippen molar-refractivity contribution in [3.8, 4) is 0 Å². The fraction of sp³-hybridized carbons (Fsp3) is 0.500. The number of allylic oxidation sites excluding steroid dienone is 1. The third-order valence-corrected chi connectivity index (χ3v) is 2.48. The number of amides is 1. The smallest absolute Gasteiger partial charge is 0.449 e. The molecule has 14 heavy (non-hydrogen) atoms. The van der Waals surface area contributed by atoms with E-state index < -0.39 is 12.2 Å². The highest BCUT2D eigenvalue weighted by Crippen LogP contribution is 2.32. The zero-order valence-corrected chi connectivity index (χ0v) is 7.34. The highest BCUT2D eigenvalue weighted by Gasteiger charge is 2.48. The molecule has 0 aromatic carbocycles. The van der Waals surface area contributed by atoms with Gasteiger partial charge in [-0.25, -0.2) is 4.79 Å². The van der Waals surface area contributed by atoms with E-state index >= 15 is 0 Å². The van der Waals surface area contributed by atoms with E-state index in [0.717, 1.165) is 6.42 Å². The van der Waals surface area contributed by atoms with Crippen LogP contribution in [0.1, 0.15) is 12.8 Å². The van der Waals surface area contributed by atoms with Gasteiger partial charge in [0.1, 0.15) is 6.04 Å². The quantitative estimate of drug-likeness (QED) is 0.451. The molecule has 2 atom stereocenters. The van der Waals surface area contributed by atoms with Crippen LogP contribution in [0.15, 0.2) is 12.0 Å². The molecule has 0 aromatic heterocycles. The van der Waals surface area contributed by atoms with Crippen LogP contribution < -0.4 is 5.73 Å². The summed E-state index contributed by atoms with van der Waals surface area (Å²) in [5.41, 5.74) is 5.55. The molecule has 1 amide bonds. The van der Waals surface area contributed by atoms with Crippen LogP contribution in [0.2, 0.25) is 0 Å². The summed E-state index contributed by atoms with van der Waals surface area (Å²) in [4.78, 5) is 22.9. The molecule has 0 aliphatic carbocycles. The molecular formula is C8H10N2O4. The number of hydrogen-bond acceptors (Lipinski definition) is 4. The van der Waals surface area contributed by atoms with E-state index in [9.17, 15) is 9.59 Å². The van der Waals surface area contributed by atoms with Crippen molar-refractivity contribution in [2.24, 2.45) is 5.73 Å². The average Bonchev–Trinajstić information content (AvgIpc) is 2.15. The summed E-state index contributed by atoms with van der Waals surface area (Å²) in [6.45, 7) is 0. The highest BCUT2D eigenvalue weighted by molar-refractivity contribution is 5.91. The Kier molecular flexibility index (Phi) is 1.92. The summed E-state index contributed by atoms with van der Waals surface area (Å²) >= 11 is 0. The van der Waals surface area contributed by atoms with Crippen LogP contribution in [0.25, 0.3) is 0 Å². The lowest BCUT2D eigenvalue weighted by molar-refractivity contribution is -0.150. The lowest BCUT2D eigenvalue weighted by Gasteiger charge is -2.47. The number of carboxylic acid groups (broad SMARTS) is 1. The minimum absolute atomic E-state index is 0.0955. The molecule has 2 aliphatic heterocycles. The average molecular weight is 198 g/mol. The second-order valence-electron chi connectivity index (χ2n) is 3.29. The molecule has 2 heterocycles. The molecule has 0 aromatic rings. The summed E-state index contributed by atoms with van der Waals surface area (Å²) in [7, 11) is 0. The Morgan fingerprint density at radius 1 is 1.71 bits per heavy atom. The van der Waals surface area contributed by atoms with Gasteiger partial charge in [-0.3, -0.25) is 9.69 Å². The molecule has 0 bridgehead atoms. The Bertz CT molecular complexity index is 325. The Morgan fingerprint density at radius 3 is 3.07 bits per heavy atom. The van der Waals surface area contributed by atoms with Crippen LogP contribution in [0, 0.1) is 0 Å².